The minimum absolute atomic E-state index is 0.273. The van der Waals surface area contributed by atoms with Crippen molar-refractivity contribution in [1.82, 2.24) is 10.2 Å². The molecule has 1 saturated heterocycles. The molecule has 1 aliphatic rings. The van der Waals surface area contributed by atoms with Crippen LogP contribution in [-0.4, -0.2) is 48.0 Å². The first-order chi connectivity index (χ1) is 8.48. The summed E-state index contributed by atoms with van der Waals surface area (Å²) in [7, 11) is 0. The number of nitrogens with one attached hydrogen (secondary N) is 1. The Labute approximate surface area is 116 Å². The van der Waals surface area contributed by atoms with Crippen molar-refractivity contribution in [3.63, 3.8) is 0 Å². The highest BCUT2D eigenvalue weighted by molar-refractivity contribution is 7.99. The Balaban J connectivity index is 2.23. The molecule has 1 amide bonds. The van der Waals surface area contributed by atoms with E-state index in [1.54, 1.807) is 0 Å². The van der Waals surface area contributed by atoms with Gasteiger partial charge in [-0.15, -0.1) is 0 Å². The Kier molecular flexibility index (Phi) is 6.50. The number of amides is 1. The van der Waals surface area contributed by atoms with Crippen molar-refractivity contribution in [1.29, 1.82) is 0 Å². The van der Waals surface area contributed by atoms with Crippen LogP contribution in [0.2, 0.25) is 0 Å². The van der Waals surface area contributed by atoms with E-state index < -0.39 is 0 Å². The van der Waals surface area contributed by atoms with Crippen molar-refractivity contribution in [3.8, 4) is 0 Å². The van der Waals surface area contributed by atoms with Crippen molar-refractivity contribution in [2.24, 2.45) is 5.41 Å². The van der Waals surface area contributed by atoms with Gasteiger partial charge in [-0.05, 0) is 31.4 Å². The molecule has 1 aliphatic heterocycles. The average molecular weight is 272 g/mol. The zero-order chi connectivity index (χ0) is 13.6. The molecule has 4 heteroatoms. The molecule has 18 heavy (non-hydrogen) atoms. The molecule has 0 aromatic rings. The van der Waals surface area contributed by atoms with Crippen molar-refractivity contribution >= 4 is 17.7 Å². The lowest BCUT2D eigenvalue weighted by atomic mass is 9.88. The molecular weight excluding hydrogens is 244 g/mol. The van der Waals surface area contributed by atoms with Crippen LogP contribution in [-0.2, 0) is 4.79 Å². The van der Waals surface area contributed by atoms with E-state index in [9.17, 15) is 4.79 Å². The van der Waals surface area contributed by atoms with Crippen LogP contribution in [0.3, 0.4) is 0 Å². The number of carbonyl (C=O) groups is 1. The molecule has 0 saturated carbocycles. The van der Waals surface area contributed by atoms with Gasteiger partial charge in [0.05, 0.1) is 0 Å². The lowest BCUT2D eigenvalue weighted by Gasteiger charge is -2.35. The van der Waals surface area contributed by atoms with E-state index in [2.05, 4.69) is 19.2 Å². The molecule has 1 unspecified atom stereocenters. The molecule has 0 spiro atoms. The summed E-state index contributed by atoms with van der Waals surface area (Å²) in [5.41, 5.74) is 0.434. The number of rotatable bonds is 6. The summed E-state index contributed by atoms with van der Waals surface area (Å²) in [6.07, 6.45) is 1.85. The predicted octanol–water partition coefficient (Wildman–Crippen LogP) is 2.37. The van der Waals surface area contributed by atoms with E-state index in [1.807, 2.05) is 30.5 Å². The molecule has 0 aromatic carbocycles. The highest BCUT2D eigenvalue weighted by Crippen LogP contribution is 2.33. The smallest absolute Gasteiger partial charge is 0.223 e. The van der Waals surface area contributed by atoms with Gasteiger partial charge in [0.15, 0.2) is 0 Å². The van der Waals surface area contributed by atoms with Gasteiger partial charge < -0.3 is 10.2 Å². The summed E-state index contributed by atoms with van der Waals surface area (Å²) < 4.78 is 0. The first-order valence-corrected chi connectivity index (χ1v) is 8.23. The summed E-state index contributed by atoms with van der Waals surface area (Å²) in [5.74, 6) is 2.71. The summed E-state index contributed by atoms with van der Waals surface area (Å²) in [5, 5.41) is 3.54. The third-order valence-corrected chi connectivity index (χ3v) is 5.12. The van der Waals surface area contributed by atoms with Crippen LogP contribution in [0, 0.1) is 5.41 Å². The fraction of sp³-hybridized carbons (Fsp3) is 0.929. The minimum atomic E-state index is 0.273. The van der Waals surface area contributed by atoms with Gasteiger partial charge in [0.2, 0.25) is 5.91 Å². The maximum atomic E-state index is 11.9. The van der Waals surface area contributed by atoms with Crippen LogP contribution in [0.25, 0.3) is 0 Å². The van der Waals surface area contributed by atoms with Crippen molar-refractivity contribution in [3.05, 3.63) is 0 Å². The quantitative estimate of drug-likeness (QED) is 0.805. The van der Waals surface area contributed by atoms with Gasteiger partial charge >= 0.3 is 0 Å². The van der Waals surface area contributed by atoms with E-state index in [0.29, 0.717) is 17.9 Å². The molecule has 0 radical (unpaired) electrons. The van der Waals surface area contributed by atoms with E-state index in [1.165, 1.54) is 17.9 Å². The molecule has 0 aliphatic carbocycles. The monoisotopic (exact) mass is 272 g/mol. The van der Waals surface area contributed by atoms with E-state index in [-0.39, 0.29) is 5.91 Å². The second kappa shape index (κ2) is 7.39. The number of nitrogens with zero attached hydrogens (tertiary/aromatic N) is 1. The van der Waals surface area contributed by atoms with Crippen LogP contribution >= 0.6 is 11.8 Å². The standard InChI is InChI=1S/C14H28N2OS/c1-5-16(6-2)13(17)7-8-15-12-9-14(3,4)11-18-10-12/h12,15H,5-11H2,1-4H3. The van der Waals surface area contributed by atoms with Crippen LogP contribution in [0.5, 0.6) is 0 Å². The normalized spacial score (nSPS) is 22.8. The Morgan fingerprint density at radius 1 is 1.39 bits per heavy atom. The first-order valence-electron chi connectivity index (χ1n) is 7.07. The Hall–Kier alpha value is -0.220. The fourth-order valence-electron chi connectivity index (χ4n) is 2.51. The molecular formula is C14H28N2OS. The SMILES string of the molecule is CCN(CC)C(=O)CCNC1CSCC(C)(C)C1. The van der Waals surface area contributed by atoms with Gasteiger partial charge in [-0.25, -0.2) is 0 Å². The molecule has 1 N–H and O–H groups in total. The Morgan fingerprint density at radius 3 is 2.61 bits per heavy atom. The lowest BCUT2D eigenvalue weighted by molar-refractivity contribution is -0.130. The highest BCUT2D eigenvalue weighted by atomic mass is 32.2. The van der Waals surface area contributed by atoms with Crippen LogP contribution in [0.4, 0.5) is 0 Å². The molecule has 0 bridgehead atoms. The van der Waals surface area contributed by atoms with Crippen molar-refractivity contribution in [2.45, 2.75) is 46.6 Å². The third-order valence-electron chi connectivity index (χ3n) is 3.50. The van der Waals surface area contributed by atoms with Gasteiger partial charge in [-0.2, -0.15) is 11.8 Å². The summed E-state index contributed by atoms with van der Waals surface area (Å²) in [4.78, 5) is 13.8. The van der Waals surface area contributed by atoms with Gasteiger partial charge in [0.25, 0.3) is 0 Å². The molecule has 1 atom stereocenters. The maximum absolute atomic E-state index is 11.9. The maximum Gasteiger partial charge on any atom is 0.223 e. The van der Waals surface area contributed by atoms with Gasteiger partial charge in [-0.1, -0.05) is 13.8 Å². The van der Waals surface area contributed by atoms with Crippen LogP contribution in [0.1, 0.15) is 40.5 Å². The fourth-order valence-corrected chi connectivity index (χ4v) is 3.82. The number of carbonyl (C=O) groups excluding carboxylic acids is 1. The lowest BCUT2D eigenvalue weighted by Crippen LogP contribution is -2.42. The largest absolute Gasteiger partial charge is 0.343 e. The molecule has 1 fully saturated rings. The topological polar surface area (TPSA) is 32.3 Å². The van der Waals surface area contributed by atoms with E-state index >= 15 is 0 Å². The summed E-state index contributed by atoms with van der Waals surface area (Å²) in [6, 6.07) is 0.572. The summed E-state index contributed by atoms with van der Waals surface area (Å²) >= 11 is 2.03. The zero-order valence-electron chi connectivity index (χ0n) is 12.3. The summed E-state index contributed by atoms with van der Waals surface area (Å²) in [6.45, 7) is 11.2. The van der Waals surface area contributed by atoms with Gasteiger partial charge in [-0.3, -0.25) is 4.79 Å². The number of hydrogen-bond donors (Lipinski definition) is 1. The van der Waals surface area contributed by atoms with Gasteiger partial charge in [0, 0.05) is 37.8 Å². The van der Waals surface area contributed by atoms with Crippen molar-refractivity contribution < 1.29 is 4.79 Å². The molecule has 0 aromatic heterocycles. The van der Waals surface area contributed by atoms with Gasteiger partial charge in [0.1, 0.15) is 0 Å². The van der Waals surface area contributed by atoms with Crippen LogP contribution in [0.15, 0.2) is 0 Å². The minimum Gasteiger partial charge on any atom is -0.343 e. The third kappa shape index (κ3) is 5.19. The van der Waals surface area contributed by atoms with Crippen molar-refractivity contribution in [2.75, 3.05) is 31.1 Å². The second-order valence-electron chi connectivity index (χ2n) is 5.85. The second-order valence-corrected chi connectivity index (χ2v) is 6.88. The zero-order valence-corrected chi connectivity index (χ0v) is 13.1. The molecule has 1 heterocycles. The predicted molar refractivity (Wildman–Crippen MR) is 80.1 cm³/mol. The molecule has 3 nitrogen and oxygen atoms in total. The Morgan fingerprint density at radius 2 is 2.06 bits per heavy atom. The van der Waals surface area contributed by atoms with E-state index in [0.717, 1.165) is 19.6 Å². The highest BCUT2D eigenvalue weighted by Gasteiger charge is 2.28. The van der Waals surface area contributed by atoms with E-state index in [4.69, 9.17) is 0 Å². The van der Waals surface area contributed by atoms with Crippen LogP contribution < -0.4 is 5.32 Å². The Bertz CT molecular complexity index is 265. The number of hydrogen-bond acceptors (Lipinski definition) is 3. The average Bonchev–Trinajstić information content (AvgIpc) is 2.29. The molecule has 1 rings (SSSR count). The first kappa shape index (κ1) is 15.8. The number of thioether (sulfide) groups is 1. The molecule has 106 valence electrons.